The van der Waals surface area contributed by atoms with Gasteiger partial charge < -0.3 is 15.4 Å². The molecule has 2 aromatic carbocycles. The van der Waals surface area contributed by atoms with E-state index in [0.717, 1.165) is 6.42 Å². The van der Waals surface area contributed by atoms with Crippen molar-refractivity contribution < 1.29 is 17.9 Å². The summed E-state index contributed by atoms with van der Waals surface area (Å²) < 4.78 is 33.3. The number of nitrogens with one attached hydrogen (secondary N) is 1. The third-order valence-electron chi connectivity index (χ3n) is 4.58. The minimum absolute atomic E-state index is 0.0284. The fraction of sp³-hybridized carbons (Fsp3) is 0.316. The maximum Gasteiger partial charge on any atom is 0.262 e. The topological polar surface area (TPSA) is 102 Å². The van der Waals surface area contributed by atoms with E-state index in [2.05, 4.69) is 4.72 Å². The predicted molar refractivity (Wildman–Crippen MR) is 103 cm³/mol. The van der Waals surface area contributed by atoms with E-state index in [1.807, 2.05) is 0 Å². The molecule has 144 valence electrons. The largest absolute Gasteiger partial charge is 0.497 e. The summed E-state index contributed by atoms with van der Waals surface area (Å²) in [6.45, 7) is 2.77. The van der Waals surface area contributed by atoms with Gasteiger partial charge in [-0.1, -0.05) is 6.07 Å². The molecular formula is C19H23N3O4S. The zero-order valence-electron chi connectivity index (χ0n) is 15.3. The van der Waals surface area contributed by atoms with Gasteiger partial charge in [-0.2, -0.15) is 0 Å². The second-order valence-electron chi connectivity index (χ2n) is 6.61. The molecule has 0 saturated carbocycles. The van der Waals surface area contributed by atoms with Gasteiger partial charge in [0, 0.05) is 30.4 Å². The van der Waals surface area contributed by atoms with Crippen molar-refractivity contribution in [3.8, 4) is 5.75 Å². The Bertz CT molecular complexity index is 942. The summed E-state index contributed by atoms with van der Waals surface area (Å²) in [6, 6.07) is 11.3. The Morgan fingerprint density at radius 3 is 2.52 bits per heavy atom. The number of nitrogens with two attached hydrogens (primary N) is 1. The average Bonchev–Trinajstić information content (AvgIpc) is 3.08. The smallest absolute Gasteiger partial charge is 0.262 e. The number of rotatable bonds is 5. The first-order valence-electron chi connectivity index (χ1n) is 8.62. The summed E-state index contributed by atoms with van der Waals surface area (Å²) in [5.41, 5.74) is 7.18. The number of carbonyl (C=O) groups excluding carboxylic acids is 1. The molecule has 0 aliphatic carbocycles. The lowest BCUT2D eigenvalue weighted by molar-refractivity contribution is 0.0790. The Hall–Kier alpha value is -2.58. The monoisotopic (exact) mass is 389 g/mol. The molecule has 2 aromatic rings. The van der Waals surface area contributed by atoms with E-state index in [4.69, 9.17) is 10.5 Å². The number of ether oxygens (including phenoxy) is 1. The van der Waals surface area contributed by atoms with Crippen molar-refractivity contribution in [1.29, 1.82) is 0 Å². The molecule has 1 amide bonds. The molecule has 0 aromatic heterocycles. The summed E-state index contributed by atoms with van der Waals surface area (Å²) in [4.78, 5) is 14.4. The first kappa shape index (κ1) is 19.2. The van der Waals surface area contributed by atoms with Gasteiger partial charge in [-0.3, -0.25) is 9.52 Å². The number of anilines is 1. The number of benzene rings is 2. The van der Waals surface area contributed by atoms with Gasteiger partial charge in [0.2, 0.25) is 0 Å². The van der Waals surface area contributed by atoms with E-state index >= 15 is 0 Å². The van der Waals surface area contributed by atoms with E-state index in [-0.39, 0.29) is 16.8 Å². The van der Waals surface area contributed by atoms with Crippen LogP contribution in [0.5, 0.6) is 5.75 Å². The molecule has 8 heteroatoms. The van der Waals surface area contributed by atoms with Crippen LogP contribution in [0.2, 0.25) is 0 Å². The lowest BCUT2D eigenvalue weighted by Crippen LogP contribution is -2.32. The van der Waals surface area contributed by atoms with Crippen LogP contribution in [0.4, 0.5) is 5.69 Å². The fourth-order valence-corrected chi connectivity index (χ4v) is 4.38. The minimum Gasteiger partial charge on any atom is -0.497 e. The normalized spacial score (nSPS) is 17.0. The SMILES string of the molecule is COc1ccc(NS(=O)(=O)c2cc(C(=O)N3CC[C@@H](N)C3)ccc2C)cc1. The molecule has 1 aliphatic rings. The van der Waals surface area contributed by atoms with Crippen LogP contribution in [0.25, 0.3) is 0 Å². The van der Waals surface area contributed by atoms with Crippen molar-refractivity contribution in [1.82, 2.24) is 4.90 Å². The van der Waals surface area contributed by atoms with Crippen molar-refractivity contribution in [3.63, 3.8) is 0 Å². The van der Waals surface area contributed by atoms with Crippen molar-refractivity contribution in [2.75, 3.05) is 24.9 Å². The molecule has 1 heterocycles. The molecule has 1 saturated heterocycles. The average molecular weight is 389 g/mol. The Kier molecular flexibility index (Phi) is 5.38. The molecule has 0 spiro atoms. The van der Waals surface area contributed by atoms with Crippen LogP contribution in [0, 0.1) is 6.92 Å². The summed E-state index contributed by atoms with van der Waals surface area (Å²) in [7, 11) is -2.30. The lowest BCUT2D eigenvalue weighted by Gasteiger charge is -2.17. The highest BCUT2D eigenvalue weighted by molar-refractivity contribution is 7.92. The summed E-state index contributed by atoms with van der Waals surface area (Å²) in [6.07, 6.45) is 0.752. The molecule has 1 fully saturated rings. The highest BCUT2D eigenvalue weighted by Gasteiger charge is 2.26. The minimum atomic E-state index is -3.84. The number of hydrogen-bond donors (Lipinski definition) is 2. The second-order valence-corrected chi connectivity index (χ2v) is 8.27. The Morgan fingerprint density at radius 2 is 1.93 bits per heavy atom. The van der Waals surface area contributed by atoms with Crippen LogP contribution >= 0.6 is 0 Å². The van der Waals surface area contributed by atoms with Gasteiger partial charge in [-0.25, -0.2) is 8.42 Å². The number of sulfonamides is 1. The molecule has 3 rings (SSSR count). The maximum absolute atomic E-state index is 12.8. The lowest BCUT2D eigenvalue weighted by atomic mass is 10.1. The van der Waals surface area contributed by atoms with Gasteiger partial charge in [0.1, 0.15) is 5.75 Å². The Labute approximate surface area is 159 Å². The summed E-state index contributed by atoms with van der Waals surface area (Å²) >= 11 is 0. The highest BCUT2D eigenvalue weighted by atomic mass is 32.2. The number of carbonyl (C=O) groups is 1. The Balaban J connectivity index is 1.86. The Morgan fingerprint density at radius 1 is 1.22 bits per heavy atom. The number of hydrogen-bond acceptors (Lipinski definition) is 5. The van der Waals surface area contributed by atoms with Gasteiger partial charge in [0.15, 0.2) is 0 Å². The maximum atomic E-state index is 12.8. The molecule has 7 nitrogen and oxygen atoms in total. The van der Waals surface area contributed by atoms with E-state index in [1.54, 1.807) is 48.2 Å². The molecule has 0 bridgehead atoms. The molecule has 0 unspecified atom stereocenters. The van der Waals surface area contributed by atoms with Crippen molar-refractivity contribution >= 4 is 21.6 Å². The number of aryl methyl sites for hydroxylation is 1. The van der Waals surface area contributed by atoms with Crippen molar-refractivity contribution in [3.05, 3.63) is 53.6 Å². The second kappa shape index (κ2) is 7.58. The zero-order chi connectivity index (χ0) is 19.6. The fourth-order valence-electron chi connectivity index (χ4n) is 3.05. The highest BCUT2D eigenvalue weighted by Crippen LogP contribution is 2.23. The molecular weight excluding hydrogens is 366 g/mol. The quantitative estimate of drug-likeness (QED) is 0.814. The van der Waals surface area contributed by atoms with Crippen LogP contribution < -0.4 is 15.2 Å². The molecule has 27 heavy (non-hydrogen) atoms. The number of nitrogens with zero attached hydrogens (tertiary/aromatic N) is 1. The van der Waals surface area contributed by atoms with Crippen LogP contribution in [0.15, 0.2) is 47.4 Å². The summed E-state index contributed by atoms with van der Waals surface area (Å²) in [5.74, 6) is 0.425. The number of methoxy groups -OCH3 is 1. The van der Waals surface area contributed by atoms with Crippen molar-refractivity contribution in [2.45, 2.75) is 24.3 Å². The molecule has 0 radical (unpaired) electrons. The first-order chi connectivity index (χ1) is 12.8. The van der Waals surface area contributed by atoms with Crippen LogP contribution in [0.3, 0.4) is 0 Å². The third-order valence-corrected chi connectivity index (χ3v) is 6.10. The van der Waals surface area contributed by atoms with Gasteiger partial charge in [0.25, 0.3) is 15.9 Å². The molecule has 1 atom stereocenters. The van der Waals surface area contributed by atoms with Gasteiger partial charge in [0.05, 0.1) is 12.0 Å². The van der Waals surface area contributed by atoms with Crippen LogP contribution in [-0.2, 0) is 10.0 Å². The van der Waals surface area contributed by atoms with E-state index in [0.29, 0.717) is 35.7 Å². The van der Waals surface area contributed by atoms with E-state index in [1.165, 1.54) is 13.2 Å². The number of amides is 1. The summed E-state index contributed by atoms with van der Waals surface area (Å²) in [5, 5.41) is 0. The standard InChI is InChI=1S/C19H23N3O4S/c1-13-3-4-14(19(23)22-10-9-15(20)12-22)11-18(13)27(24,25)21-16-5-7-17(26-2)8-6-16/h3-8,11,15,21H,9-10,12,20H2,1-2H3/t15-/m1/s1. The number of likely N-dealkylation sites (tertiary alicyclic amines) is 1. The van der Waals surface area contributed by atoms with E-state index in [9.17, 15) is 13.2 Å². The van der Waals surface area contributed by atoms with Crippen LogP contribution in [0.1, 0.15) is 22.3 Å². The van der Waals surface area contributed by atoms with Gasteiger partial charge in [-0.05, 0) is 55.3 Å². The first-order valence-corrected chi connectivity index (χ1v) is 10.1. The predicted octanol–water partition coefficient (Wildman–Crippen LogP) is 1.98. The van der Waals surface area contributed by atoms with Gasteiger partial charge >= 0.3 is 0 Å². The molecule has 1 aliphatic heterocycles. The van der Waals surface area contributed by atoms with Gasteiger partial charge in [-0.15, -0.1) is 0 Å². The zero-order valence-corrected chi connectivity index (χ0v) is 16.1. The molecule has 3 N–H and O–H groups in total. The van der Waals surface area contributed by atoms with E-state index < -0.39 is 10.0 Å². The van der Waals surface area contributed by atoms with Crippen molar-refractivity contribution in [2.24, 2.45) is 5.73 Å². The third kappa shape index (κ3) is 4.23. The van der Waals surface area contributed by atoms with Crippen LogP contribution in [-0.4, -0.2) is 45.5 Å².